The van der Waals surface area contributed by atoms with E-state index in [9.17, 15) is 4.79 Å². The van der Waals surface area contributed by atoms with Gasteiger partial charge in [0.15, 0.2) is 0 Å². The second-order valence-corrected chi connectivity index (χ2v) is 2.87. The zero-order valence-corrected chi connectivity index (χ0v) is 8.24. The molecule has 0 bridgehead atoms. The van der Waals surface area contributed by atoms with Crippen LogP contribution in [0, 0.1) is 0 Å². The number of hydrogen-bond donors (Lipinski definition) is 0. The van der Waals surface area contributed by atoms with E-state index in [1.807, 2.05) is 0 Å². The first-order chi connectivity index (χ1) is 7.86. The van der Waals surface area contributed by atoms with Crippen LogP contribution in [0.2, 0.25) is 0 Å². The molecule has 2 rings (SSSR count). The van der Waals surface area contributed by atoms with E-state index in [0.29, 0.717) is 0 Å². The van der Waals surface area contributed by atoms with Crippen LogP contribution in [0.1, 0.15) is 16.1 Å². The van der Waals surface area contributed by atoms with Crippen LogP contribution >= 0.6 is 0 Å². The van der Waals surface area contributed by atoms with Crippen LogP contribution in [0.5, 0.6) is 0 Å². The summed E-state index contributed by atoms with van der Waals surface area (Å²) in [6, 6.07) is 6.59. The monoisotopic (exact) mass is 216 g/mol. The molecule has 0 aliphatic heterocycles. The fourth-order valence-electron chi connectivity index (χ4n) is 1.02. The molecule has 2 aromatic rings. The number of carbonyl (C=O) groups excluding carboxylic acids is 1. The van der Waals surface area contributed by atoms with Crippen molar-refractivity contribution in [2.24, 2.45) is 5.16 Å². The van der Waals surface area contributed by atoms with Crippen LogP contribution < -0.4 is 0 Å². The van der Waals surface area contributed by atoms with Gasteiger partial charge in [0, 0.05) is 12.4 Å². The Kier molecular flexibility index (Phi) is 3.08. The molecule has 5 nitrogen and oxygen atoms in total. The van der Waals surface area contributed by atoms with E-state index in [2.05, 4.69) is 15.0 Å². The Morgan fingerprint density at radius 3 is 2.88 bits per heavy atom. The van der Waals surface area contributed by atoms with Gasteiger partial charge in [-0.2, -0.15) is 0 Å². The summed E-state index contributed by atoms with van der Waals surface area (Å²) >= 11 is 0. The van der Waals surface area contributed by atoms with E-state index in [1.54, 1.807) is 30.6 Å². The van der Waals surface area contributed by atoms with Crippen LogP contribution in [-0.4, -0.2) is 17.2 Å². The summed E-state index contributed by atoms with van der Waals surface area (Å²) in [6.07, 6.45) is 6.05. The summed E-state index contributed by atoms with van der Waals surface area (Å²) in [6.45, 7) is 0. The third-order valence-corrected chi connectivity index (χ3v) is 1.77. The average Bonchev–Trinajstić information content (AvgIpc) is 2.84. The molecule has 0 aliphatic rings. The highest BCUT2D eigenvalue weighted by atomic mass is 16.7. The lowest BCUT2D eigenvalue weighted by atomic mass is 10.3. The SMILES string of the molecule is O=C(O/N=C/c1ccncc1)c1ccco1. The number of hydrogen-bond acceptors (Lipinski definition) is 5. The van der Waals surface area contributed by atoms with E-state index in [1.165, 1.54) is 18.5 Å². The summed E-state index contributed by atoms with van der Waals surface area (Å²) in [7, 11) is 0. The maximum atomic E-state index is 11.3. The minimum absolute atomic E-state index is 0.117. The van der Waals surface area contributed by atoms with Gasteiger partial charge in [-0.1, -0.05) is 5.16 Å². The number of carbonyl (C=O) groups is 1. The smallest absolute Gasteiger partial charge is 0.400 e. The Morgan fingerprint density at radius 2 is 2.19 bits per heavy atom. The van der Waals surface area contributed by atoms with Crippen LogP contribution in [0.3, 0.4) is 0 Å². The molecule has 0 spiro atoms. The van der Waals surface area contributed by atoms with Gasteiger partial charge >= 0.3 is 5.97 Å². The number of rotatable bonds is 3. The summed E-state index contributed by atoms with van der Waals surface area (Å²) < 4.78 is 4.84. The summed E-state index contributed by atoms with van der Waals surface area (Å²) in [4.78, 5) is 19.7. The number of nitrogens with zero attached hydrogens (tertiary/aromatic N) is 2. The Bertz CT molecular complexity index is 477. The molecule has 0 N–H and O–H groups in total. The van der Waals surface area contributed by atoms with E-state index < -0.39 is 5.97 Å². The predicted molar refractivity (Wildman–Crippen MR) is 56.0 cm³/mol. The molecule has 0 amide bonds. The van der Waals surface area contributed by atoms with Crippen molar-refractivity contribution in [1.82, 2.24) is 4.98 Å². The van der Waals surface area contributed by atoms with Gasteiger partial charge in [0.2, 0.25) is 5.76 Å². The van der Waals surface area contributed by atoms with Gasteiger partial charge in [0.1, 0.15) is 0 Å². The van der Waals surface area contributed by atoms with Crippen molar-refractivity contribution in [3.8, 4) is 0 Å². The van der Waals surface area contributed by atoms with Crippen molar-refractivity contribution in [3.63, 3.8) is 0 Å². The molecule has 0 fully saturated rings. The highest BCUT2D eigenvalue weighted by molar-refractivity contribution is 5.87. The van der Waals surface area contributed by atoms with E-state index in [4.69, 9.17) is 4.42 Å². The lowest BCUT2D eigenvalue weighted by Gasteiger charge is -1.92. The van der Waals surface area contributed by atoms with Crippen LogP contribution in [0.25, 0.3) is 0 Å². The molecule has 0 atom stereocenters. The topological polar surface area (TPSA) is 64.7 Å². The molecule has 16 heavy (non-hydrogen) atoms. The Hall–Kier alpha value is -2.43. The first-order valence-corrected chi connectivity index (χ1v) is 4.54. The quantitative estimate of drug-likeness (QED) is 0.446. The molecule has 2 aromatic heterocycles. The Morgan fingerprint density at radius 1 is 1.38 bits per heavy atom. The van der Waals surface area contributed by atoms with Crippen LogP contribution in [0.15, 0.2) is 52.5 Å². The zero-order valence-electron chi connectivity index (χ0n) is 8.24. The number of oxime groups is 1. The molecule has 0 saturated heterocycles. The lowest BCUT2D eigenvalue weighted by molar-refractivity contribution is 0.0483. The summed E-state index contributed by atoms with van der Waals surface area (Å²) in [5.41, 5.74) is 0.794. The van der Waals surface area contributed by atoms with Gasteiger partial charge in [-0.15, -0.1) is 0 Å². The highest BCUT2D eigenvalue weighted by Gasteiger charge is 2.08. The lowest BCUT2D eigenvalue weighted by Crippen LogP contribution is -1.98. The van der Waals surface area contributed by atoms with Crippen LogP contribution in [0.4, 0.5) is 0 Å². The van der Waals surface area contributed by atoms with Gasteiger partial charge in [-0.25, -0.2) is 4.79 Å². The molecule has 0 aliphatic carbocycles. The predicted octanol–water partition coefficient (Wildman–Crippen LogP) is 1.87. The van der Waals surface area contributed by atoms with Crippen molar-refractivity contribution in [2.45, 2.75) is 0 Å². The molecule has 2 heterocycles. The summed E-state index contributed by atoms with van der Waals surface area (Å²) in [5.74, 6) is -0.512. The minimum atomic E-state index is -0.629. The maximum absolute atomic E-state index is 11.3. The molecule has 0 unspecified atom stereocenters. The van der Waals surface area contributed by atoms with Gasteiger partial charge in [-0.05, 0) is 29.8 Å². The fourth-order valence-corrected chi connectivity index (χ4v) is 1.02. The average molecular weight is 216 g/mol. The zero-order chi connectivity index (χ0) is 11.2. The van der Waals surface area contributed by atoms with E-state index in [0.717, 1.165) is 5.56 Å². The second-order valence-electron chi connectivity index (χ2n) is 2.87. The van der Waals surface area contributed by atoms with Gasteiger partial charge in [0.25, 0.3) is 0 Å². The molecular formula is C11H8N2O3. The molecule has 0 aromatic carbocycles. The third-order valence-electron chi connectivity index (χ3n) is 1.77. The third kappa shape index (κ3) is 2.54. The van der Waals surface area contributed by atoms with Gasteiger partial charge < -0.3 is 9.25 Å². The number of pyridine rings is 1. The standard InChI is InChI=1S/C11H8N2O3/c14-11(10-2-1-7-15-10)16-13-8-9-3-5-12-6-4-9/h1-8H/b13-8+. The second kappa shape index (κ2) is 4.88. The molecule has 5 heteroatoms. The largest absolute Gasteiger partial charge is 0.457 e. The Labute approximate surface area is 91.4 Å². The van der Waals surface area contributed by atoms with Gasteiger partial charge in [0.05, 0.1) is 12.5 Å². The molecular weight excluding hydrogens is 208 g/mol. The van der Waals surface area contributed by atoms with Crippen molar-refractivity contribution in [1.29, 1.82) is 0 Å². The number of aromatic nitrogens is 1. The van der Waals surface area contributed by atoms with E-state index >= 15 is 0 Å². The molecule has 0 radical (unpaired) electrons. The van der Waals surface area contributed by atoms with Gasteiger partial charge in [-0.3, -0.25) is 4.98 Å². The highest BCUT2D eigenvalue weighted by Crippen LogP contribution is 2.02. The normalized spacial score (nSPS) is 10.5. The minimum Gasteiger partial charge on any atom is -0.457 e. The fraction of sp³-hybridized carbons (Fsp3) is 0. The van der Waals surface area contributed by atoms with Crippen molar-refractivity contribution >= 4 is 12.2 Å². The molecule has 0 saturated carbocycles. The number of furan rings is 1. The molecule has 80 valence electrons. The van der Waals surface area contributed by atoms with Crippen LogP contribution in [-0.2, 0) is 4.84 Å². The van der Waals surface area contributed by atoms with Crippen molar-refractivity contribution in [3.05, 3.63) is 54.2 Å². The summed E-state index contributed by atoms with van der Waals surface area (Å²) in [5, 5.41) is 3.54. The van der Waals surface area contributed by atoms with Crippen molar-refractivity contribution < 1.29 is 14.0 Å². The van der Waals surface area contributed by atoms with E-state index in [-0.39, 0.29) is 5.76 Å². The Balaban J connectivity index is 1.93. The van der Waals surface area contributed by atoms with Crippen molar-refractivity contribution in [2.75, 3.05) is 0 Å². The first-order valence-electron chi connectivity index (χ1n) is 4.54. The maximum Gasteiger partial charge on any atom is 0.400 e. The first kappa shape index (κ1) is 10.1.